The number of esters is 1. The smallest absolute Gasteiger partial charge is 0.323 e. The number of H-pyrrole nitrogens is 1. The van der Waals surface area contributed by atoms with E-state index in [4.69, 9.17) is 16.3 Å². The number of rotatable bonds is 6. The van der Waals surface area contributed by atoms with Gasteiger partial charge in [-0.2, -0.15) is 0 Å². The van der Waals surface area contributed by atoms with Gasteiger partial charge in [0, 0.05) is 17.6 Å². The Hall–Kier alpha value is -1.85. The van der Waals surface area contributed by atoms with E-state index in [1.54, 1.807) is 31.7 Å². The van der Waals surface area contributed by atoms with Gasteiger partial charge in [0.25, 0.3) is 0 Å². The highest BCUT2D eigenvalue weighted by Crippen LogP contribution is 2.11. The molecule has 2 aromatic rings. The van der Waals surface area contributed by atoms with Gasteiger partial charge in [0.15, 0.2) is 0 Å². The Balaban J connectivity index is 1.87. The maximum absolute atomic E-state index is 12.0. The van der Waals surface area contributed by atoms with Crippen molar-refractivity contribution >= 4 is 17.6 Å². The fourth-order valence-corrected chi connectivity index (χ4v) is 1.88. The standard InChI is InChI=1S/C14H16ClN3O2/c1-16-13(6-12-7-17-9-18-12)14(19)20-8-10-2-4-11(15)5-3-10/h2-5,7,9,13,16H,6,8H2,1H3,(H,17,18)/t13-/m0/s1. The summed E-state index contributed by atoms with van der Waals surface area (Å²) < 4.78 is 5.29. The maximum Gasteiger partial charge on any atom is 0.323 e. The van der Waals surface area contributed by atoms with Gasteiger partial charge in [0.1, 0.15) is 12.6 Å². The Bertz CT molecular complexity index is 540. The first-order valence-corrected chi connectivity index (χ1v) is 6.63. The van der Waals surface area contributed by atoms with Crippen molar-refractivity contribution in [1.29, 1.82) is 0 Å². The average molecular weight is 294 g/mol. The second kappa shape index (κ2) is 7.07. The van der Waals surface area contributed by atoms with Gasteiger partial charge in [-0.05, 0) is 24.7 Å². The van der Waals surface area contributed by atoms with Crippen LogP contribution in [0.4, 0.5) is 0 Å². The fraction of sp³-hybridized carbons (Fsp3) is 0.286. The second-order valence-corrected chi connectivity index (χ2v) is 4.78. The maximum atomic E-state index is 12.0. The third-order valence-electron chi connectivity index (χ3n) is 2.90. The number of carbonyl (C=O) groups is 1. The van der Waals surface area contributed by atoms with Crippen molar-refractivity contribution in [2.45, 2.75) is 19.1 Å². The zero-order chi connectivity index (χ0) is 14.4. The molecule has 0 bridgehead atoms. The molecular weight excluding hydrogens is 278 g/mol. The van der Waals surface area contributed by atoms with E-state index in [1.807, 2.05) is 12.1 Å². The molecule has 5 nitrogen and oxygen atoms in total. The lowest BCUT2D eigenvalue weighted by atomic mass is 10.1. The molecular formula is C14H16ClN3O2. The van der Waals surface area contributed by atoms with Crippen molar-refractivity contribution in [1.82, 2.24) is 15.3 Å². The number of hydrogen-bond donors (Lipinski definition) is 2. The van der Waals surface area contributed by atoms with Crippen molar-refractivity contribution < 1.29 is 9.53 Å². The van der Waals surface area contributed by atoms with Crippen molar-refractivity contribution in [2.75, 3.05) is 7.05 Å². The number of carbonyl (C=O) groups excluding carboxylic acids is 1. The van der Waals surface area contributed by atoms with E-state index in [9.17, 15) is 4.79 Å². The number of nitrogens with one attached hydrogen (secondary N) is 2. The zero-order valence-corrected chi connectivity index (χ0v) is 11.9. The number of halogens is 1. The fourth-order valence-electron chi connectivity index (χ4n) is 1.75. The highest BCUT2D eigenvalue weighted by atomic mass is 35.5. The van der Waals surface area contributed by atoms with Crippen molar-refractivity contribution in [3.05, 3.63) is 53.1 Å². The molecule has 1 aromatic carbocycles. The summed E-state index contributed by atoms with van der Waals surface area (Å²) in [5, 5.41) is 3.59. The Morgan fingerprint density at radius 3 is 2.80 bits per heavy atom. The molecule has 0 aliphatic rings. The Morgan fingerprint density at radius 2 is 2.20 bits per heavy atom. The molecule has 2 rings (SSSR count). The van der Waals surface area contributed by atoms with E-state index in [2.05, 4.69) is 15.3 Å². The van der Waals surface area contributed by atoms with Crippen LogP contribution >= 0.6 is 11.6 Å². The number of aromatic nitrogens is 2. The van der Waals surface area contributed by atoms with Gasteiger partial charge in [0.2, 0.25) is 0 Å². The van der Waals surface area contributed by atoms with E-state index >= 15 is 0 Å². The number of benzene rings is 1. The highest BCUT2D eigenvalue weighted by molar-refractivity contribution is 6.30. The average Bonchev–Trinajstić information content (AvgIpc) is 2.97. The number of ether oxygens (including phenoxy) is 1. The molecule has 0 amide bonds. The van der Waals surface area contributed by atoms with E-state index in [0.29, 0.717) is 11.4 Å². The van der Waals surface area contributed by atoms with Gasteiger partial charge < -0.3 is 15.0 Å². The third-order valence-corrected chi connectivity index (χ3v) is 3.15. The SMILES string of the molecule is CN[C@@H](Cc1c[nH]cn1)C(=O)OCc1ccc(Cl)cc1. The van der Waals surface area contributed by atoms with Crippen LogP contribution in [0.1, 0.15) is 11.3 Å². The molecule has 1 aromatic heterocycles. The number of likely N-dealkylation sites (N-methyl/N-ethyl adjacent to an activating group) is 1. The summed E-state index contributed by atoms with van der Waals surface area (Å²) in [6.45, 7) is 0.231. The van der Waals surface area contributed by atoms with Gasteiger partial charge >= 0.3 is 5.97 Å². The molecule has 1 heterocycles. The molecule has 20 heavy (non-hydrogen) atoms. The summed E-state index contributed by atoms with van der Waals surface area (Å²) in [7, 11) is 1.72. The molecule has 0 spiro atoms. The van der Waals surface area contributed by atoms with Crippen molar-refractivity contribution in [2.24, 2.45) is 0 Å². The predicted molar refractivity (Wildman–Crippen MR) is 76.4 cm³/mol. The lowest BCUT2D eigenvalue weighted by molar-refractivity contribution is -0.147. The largest absolute Gasteiger partial charge is 0.460 e. The Kier molecular flexibility index (Phi) is 5.15. The van der Waals surface area contributed by atoms with Crippen molar-refractivity contribution in [3.63, 3.8) is 0 Å². The van der Waals surface area contributed by atoms with Crippen LogP contribution < -0.4 is 5.32 Å². The second-order valence-electron chi connectivity index (χ2n) is 4.34. The molecule has 2 N–H and O–H groups in total. The molecule has 0 unspecified atom stereocenters. The summed E-state index contributed by atoms with van der Waals surface area (Å²) in [6.07, 6.45) is 3.83. The van der Waals surface area contributed by atoms with Gasteiger partial charge in [-0.1, -0.05) is 23.7 Å². The van der Waals surface area contributed by atoms with Crippen LogP contribution in [0, 0.1) is 0 Å². The summed E-state index contributed by atoms with van der Waals surface area (Å²) >= 11 is 5.80. The van der Waals surface area contributed by atoms with Gasteiger partial charge in [0.05, 0.1) is 12.0 Å². The number of hydrogen-bond acceptors (Lipinski definition) is 4. The lowest BCUT2D eigenvalue weighted by Crippen LogP contribution is -2.37. The quantitative estimate of drug-likeness (QED) is 0.799. The first-order valence-electron chi connectivity index (χ1n) is 6.25. The third kappa shape index (κ3) is 4.08. The van der Waals surface area contributed by atoms with Crippen LogP contribution in [0.15, 0.2) is 36.8 Å². The minimum Gasteiger partial charge on any atom is -0.460 e. The Morgan fingerprint density at radius 1 is 1.45 bits per heavy atom. The number of nitrogens with zero attached hydrogens (tertiary/aromatic N) is 1. The minimum absolute atomic E-state index is 0.231. The van der Waals surface area contributed by atoms with Crippen LogP contribution in [-0.2, 0) is 22.6 Å². The van der Waals surface area contributed by atoms with E-state index in [0.717, 1.165) is 11.3 Å². The lowest BCUT2D eigenvalue weighted by Gasteiger charge is -2.14. The molecule has 1 atom stereocenters. The van der Waals surface area contributed by atoms with Crippen LogP contribution in [0.3, 0.4) is 0 Å². The van der Waals surface area contributed by atoms with Gasteiger partial charge in [-0.25, -0.2) is 4.98 Å². The first-order chi connectivity index (χ1) is 9.69. The Labute approximate surface area is 122 Å². The summed E-state index contributed by atoms with van der Waals surface area (Å²) in [4.78, 5) is 18.9. The minimum atomic E-state index is -0.411. The molecule has 106 valence electrons. The van der Waals surface area contributed by atoms with Gasteiger partial charge in [-0.3, -0.25) is 4.79 Å². The highest BCUT2D eigenvalue weighted by Gasteiger charge is 2.19. The van der Waals surface area contributed by atoms with Crippen LogP contribution in [0.5, 0.6) is 0 Å². The van der Waals surface area contributed by atoms with Crippen LogP contribution in [0.2, 0.25) is 5.02 Å². The van der Waals surface area contributed by atoms with E-state index in [1.165, 1.54) is 0 Å². The molecule has 0 saturated carbocycles. The monoisotopic (exact) mass is 293 g/mol. The predicted octanol–water partition coefficient (Wildman–Crippen LogP) is 1.94. The van der Waals surface area contributed by atoms with Crippen LogP contribution in [-0.4, -0.2) is 29.0 Å². The van der Waals surface area contributed by atoms with Crippen LogP contribution in [0.25, 0.3) is 0 Å². The topological polar surface area (TPSA) is 67.0 Å². The summed E-state index contributed by atoms with van der Waals surface area (Å²) in [5.41, 5.74) is 1.71. The van der Waals surface area contributed by atoms with Crippen molar-refractivity contribution in [3.8, 4) is 0 Å². The molecule has 0 aliphatic carbocycles. The number of imidazole rings is 1. The van der Waals surface area contributed by atoms with E-state index in [-0.39, 0.29) is 12.6 Å². The first kappa shape index (κ1) is 14.6. The van der Waals surface area contributed by atoms with E-state index < -0.39 is 6.04 Å². The normalized spacial score (nSPS) is 12.1. The zero-order valence-electron chi connectivity index (χ0n) is 11.1. The number of aromatic amines is 1. The summed E-state index contributed by atoms with van der Waals surface area (Å²) in [5.74, 6) is -0.301. The molecule has 0 aliphatic heterocycles. The molecule has 0 fully saturated rings. The summed E-state index contributed by atoms with van der Waals surface area (Å²) in [6, 6.07) is 6.79. The molecule has 0 radical (unpaired) electrons. The van der Waals surface area contributed by atoms with Gasteiger partial charge in [-0.15, -0.1) is 0 Å². The molecule has 6 heteroatoms. The molecule has 0 saturated heterocycles.